The number of hydrogen-bond acceptors (Lipinski definition) is 3. The van der Waals surface area contributed by atoms with Crippen molar-refractivity contribution in [1.29, 1.82) is 0 Å². The van der Waals surface area contributed by atoms with Gasteiger partial charge in [-0.2, -0.15) is 0 Å². The number of pyridine rings is 2. The molecular weight excluding hydrogens is 1170 g/mol. The Bertz CT molecular complexity index is 6180. The van der Waals surface area contributed by atoms with Crippen molar-refractivity contribution in [3.05, 3.63) is 352 Å². The average molecular weight is 1230 g/mol. The summed E-state index contributed by atoms with van der Waals surface area (Å²) in [6, 6.07) is 125. The summed E-state index contributed by atoms with van der Waals surface area (Å²) in [6.45, 7) is 0. The molecule has 19 aromatic rings. The number of nitrogens with zero attached hydrogens (tertiary/aromatic N) is 4. The predicted octanol–water partition coefficient (Wildman–Crippen LogP) is 24.9. The summed E-state index contributed by atoms with van der Waals surface area (Å²) in [6.07, 6.45) is 1.84. The molecule has 4 nitrogen and oxygen atoms in total. The Labute approximate surface area is 561 Å². The van der Waals surface area contributed by atoms with Gasteiger partial charge in [0.2, 0.25) is 0 Å². The lowest BCUT2D eigenvalue weighted by Gasteiger charge is -2.20. The quantitative estimate of drug-likeness (QED) is 0.112. The third kappa shape index (κ3) is 9.25. The number of hydrogen-bond donors (Lipinski definition) is 0. The molecule has 20 rings (SSSR count). The molecule has 0 unspecified atom stereocenters. The van der Waals surface area contributed by atoms with Crippen LogP contribution in [0.3, 0.4) is 0 Å². The summed E-state index contributed by atoms with van der Waals surface area (Å²) < 4.78 is 2.26. The molecule has 0 amide bonds. The highest BCUT2D eigenvalue weighted by molar-refractivity contribution is 6.29. The maximum absolute atomic E-state index is 5.12. The Morgan fingerprint density at radius 3 is 1.35 bits per heavy atom. The Morgan fingerprint density at radius 1 is 0.237 bits per heavy atom. The summed E-state index contributed by atoms with van der Waals surface area (Å²) in [7, 11) is 0. The van der Waals surface area contributed by atoms with Gasteiger partial charge in [-0.15, -0.1) is 0 Å². The van der Waals surface area contributed by atoms with Crippen LogP contribution in [0.25, 0.3) is 193 Å². The Morgan fingerprint density at radius 2 is 0.691 bits per heavy atom. The molecule has 16 aromatic carbocycles. The molecule has 0 radical (unpaired) electrons. The van der Waals surface area contributed by atoms with Crippen molar-refractivity contribution < 1.29 is 0 Å². The molecule has 0 N–H and O–H groups in total. The number of benzene rings is 16. The Hall–Kier alpha value is -12.9. The molecule has 0 saturated heterocycles. The van der Waals surface area contributed by atoms with Crippen LogP contribution in [-0.4, -0.2) is 19.5 Å². The molecule has 0 fully saturated rings. The summed E-state index contributed by atoms with van der Waals surface area (Å²) >= 11 is 0. The van der Waals surface area contributed by atoms with Gasteiger partial charge in [0.05, 0.1) is 27.8 Å². The second-order valence-corrected chi connectivity index (χ2v) is 25.2. The van der Waals surface area contributed by atoms with Crippen LogP contribution in [0.5, 0.6) is 0 Å². The van der Waals surface area contributed by atoms with Crippen LogP contribution < -0.4 is 0 Å². The topological polar surface area (TPSA) is 43.6 Å². The number of aromatic nitrogens is 4. The van der Waals surface area contributed by atoms with Gasteiger partial charge in [0, 0.05) is 33.8 Å². The first kappa shape index (κ1) is 55.7. The molecular formula is C93H58N4. The van der Waals surface area contributed by atoms with Crippen molar-refractivity contribution in [1.82, 2.24) is 19.5 Å². The van der Waals surface area contributed by atoms with Crippen LogP contribution in [0.1, 0.15) is 0 Å². The van der Waals surface area contributed by atoms with Gasteiger partial charge < -0.3 is 0 Å². The third-order valence-electron chi connectivity index (χ3n) is 19.8. The monoisotopic (exact) mass is 1230 g/mol. The van der Waals surface area contributed by atoms with E-state index in [-0.39, 0.29) is 0 Å². The van der Waals surface area contributed by atoms with E-state index in [9.17, 15) is 0 Å². The van der Waals surface area contributed by atoms with E-state index in [1.807, 2.05) is 12.3 Å². The van der Waals surface area contributed by atoms with E-state index in [4.69, 9.17) is 9.97 Å². The maximum atomic E-state index is 5.12. The molecule has 4 heteroatoms. The standard InChI is InChI=1S/C51H32N2.C42H26N2/c1-4-15-34(16-5-1)46-40-21-10-11-22-41(40)47(35-17-6-2-7-18-35)50-43-32-31-38(39-23-14-24-42(48(39)43)49(46)50)33-27-29-36(30-28-33)51-52-44-25-12-13-26-45(44)53(51)37-19-8-3-9-20-37;1-2-9-32-26-33(22-15-27(32)8-1)40-36-13-5-3-11-34(36)39(35-12-4-6-14-37(35)40)29-18-16-28(17-19-29)38-24-23-31-21-20-30-10-7-25-43-41(30)42(31)44-38/h1-32H;1-26H. The van der Waals surface area contributed by atoms with Gasteiger partial charge in [-0.05, 0) is 174 Å². The zero-order valence-corrected chi connectivity index (χ0v) is 52.8. The molecule has 97 heavy (non-hydrogen) atoms. The molecule has 0 bridgehead atoms. The Balaban J connectivity index is 0.000000139. The van der Waals surface area contributed by atoms with Crippen LogP contribution in [0.15, 0.2) is 352 Å². The smallest absolute Gasteiger partial charge is 0.145 e. The molecule has 0 aliphatic heterocycles. The lowest BCUT2D eigenvalue weighted by Crippen LogP contribution is -1.97. The second kappa shape index (κ2) is 23.0. The summed E-state index contributed by atoms with van der Waals surface area (Å²) in [4.78, 5) is 14.8. The second-order valence-electron chi connectivity index (χ2n) is 25.2. The van der Waals surface area contributed by atoms with E-state index in [1.54, 1.807) is 0 Å². The van der Waals surface area contributed by atoms with E-state index < -0.39 is 0 Å². The molecule has 3 aromatic heterocycles. The van der Waals surface area contributed by atoms with Crippen molar-refractivity contribution in [2.45, 2.75) is 0 Å². The van der Waals surface area contributed by atoms with Crippen LogP contribution in [0.2, 0.25) is 0 Å². The minimum absolute atomic E-state index is 0.936. The normalized spacial score (nSPS) is 11.7. The van der Waals surface area contributed by atoms with E-state index in [1.165, 1.54) is 132 Å². The lowest BCUT2D eigenvalue weighted by molar-refractivity contribution is 1.10. The lowest BCUT2D eigenvalue weighted by atomic mass is 9.82. The van der Waals surface area contributed by atoms with Crippen molar-refractivity contribution in [2.24, 2.45) is 0 Å². The number of imidazole rings is 1. The first-order valence-electron chi connectivity index (χ1n) is 33.2. The van der Waals surface area contributed by atoms with Gasteiger partial charge in [0.25, 0.3) is 0 Å². The number of fused-ring (bicyclic) bond motifs is 11. The van der Waals surface area contributed by atoms with Crippen molar-refractivity contribution in [3.63, 3.8) is 0 Å². The van der Waals surface area contributed by atoms with E-state index in [0.29, 0.717) is 0 Å². The van der Waals surface area contributed by atoms with E-state index in [2.05, 4.69) is 349 Å². The molecule has 3 heterocycles. The van der Waals surface area contributed by atoms with E-state index >= 15 is 0 Å². The predicted molar refractivity (Wildman–Crippen MR) is 408 cm³/mol. The van der Waals surface area contributed by atoms with E-state index in [0.717, 1.165) is 61.2 Å². The number of para-hydroxylation sites is 3. The van der Waals surface area contributed by atoms with Crippen molar-refractivity contribution in [2.75, 3.05) is 0 Å². The molecule has 450 valence electrons. The van der Waals surface area contributed by atoms with Crippen molar-refractivity contribution >= 4 is 86.7 Å². The molecule has 0 spiro atoms. The first-order valence-corrected chi connectivity index (χ1v) is 33.2. The fourth-order valence-electron chi connectivity index (χ4n) is 15.5. The molecule has 1 aliphatic rings. The van der Waals surface area contributed by atoms with Gasteiger partial charge in [-0.3, -0.25) is 9.55 Å². The maximum Gasteiger partial charge on any atom is 0.145 e. The summed E-state index contributed by atoms with van der Waals surface area (Å²) in [5, 5.41) is 14.9. The van der Waals surface area contributed by atoms with Crippen LogP contribution in [-0.2, 0) is 0 Å². The first-order chi connectivity index (χ1) is 48.1. The van der Waals surface area contributed by atoms with Gasteiger partial charge >= 0.3 is 0 Å². The van der Waals surface area contributed by atoms with Gasteiger partial charge in [0.15, 0.2) is 0 Å². The fourth-order valence-corrected chi connectivity index (χ4v) is 15.5. The summed E-state index contributed by atoms with van der Waals surface area (Å²) in [5.41, 5.74) is 25.9. The van der Waals surface area contributed by atoms with Crippen molar-refractivity contribution in [3.8, 4) is 106 Å². The average Bonchev–Trinajstić information content (AvgIpc) is 1.58. The zero-order valence-electron chi connectivity index (χ0n) is 52.8. The van der Waals surface area contributed by atoms with Gasteiger partial charge in [-0.25, -0.2) is 9.97 Å². The van der Waals surface area contributed by atoms with Crippen LogP contribution in [0, 0.1) is 0 Å². The summed E-state index contributed by atoms with van der Waals surface area (Å²) in [5.74, 6) is 0.939. The third-order valence-corrected chi connectivity index (χ3v) is 19.8. The highest BCUT2D eigenvalue weighted by atomic mass is 15.1. The highest BCUT2D eigenvalue weighted by Gasteiger charge is 2.31. The van der Waals surface area contributed by atoms with Crippen LogP contribution >= 0.6 is 0 Å². The minimum atomic E-state index is 0.936. The van der Waals surface area contributed by atoms with Crippen LogP contribution in [0.4, 0.5) is 0 Å². The molecule has 1 aliphatic carbocycles. The molecule has 0 saturated carbocycles. The fraction of sp³-hybridized carbons (Fsp3) is 0. The Kier molecular flexibility index (Phi) is 13.2. The molecule has 0 atom stereocenters. The number of rotatable bonds is 8. The largest absolute Gasteiger partial charge is 0.292 e. The minimum Gasteiger partial charge on any atom is -0.292 e. The SMILES string of the molecule is c1ccc(-c2c3c(c(-c4ccccc4)c4ccccc24)-c2ccc(-c4ccc(-c5nc6ccccc6n5-c5ccccc5)cc4)c4cccc-3c24)cc1.c1ccc2cc(-c3c4ccccc4c(-c4ccc(-c5ccc6ccc7cccnc7c6n5)cc4)c4ccccc34)ccc2c1. The highest BCUT2D eigenvalue weighted by Crippen LogP contribution is 2.59. The van der Waals surface area contributed by atoms with Gasteiger partial charge in [0.1, 0.15) is 5.82 Å². The van der Waals surface area contributed by atoms with Gasteiger partial charge in [-0.1, -0.05) is 303 Å². The zero-order chi connectivity index (χ0) is 63.9.